The topological polar surface area (TPSA) is 52.0 Å². The minimum Gasteiger partial charge on any atom is -0.374 e. The smallest absolute Gasteiger partial charge is 0.261 e. The van der Waals surface area contributed by atoms with E-state index in [4.69, 9.17) is 4.74 Å². The Hall–Kier alpha value is -1.08. The van der Waals surface area contributed by atoms with Crippen LogP contribution in [-0.4, -0.2) is 40.7 Å². The zero-order valence-corrected chi connectivity index (χ0v) is 9.48. The van der Waals surface area contributed by atoms with Crippen LogP contribution in [0.3, 0.4) is 0 Å². The molecule has 96 valence electrons. The Balaban J connectivity index is 1.62. The summed E-state index contributed by atoms with van der Waals surface area (Å²) in [6, 6.07) is 0.634. The van der Waals surface area contributed by atoms with E-state index in [1.165, 1.54) is 12.8 Å². The van der Waals surface area contributed by atoms with Gasteiger partial charge >= 0.3 is 0 Å². The molecule has 1 aromatic rings. The lowest BCUT2D eigenvalue weighted by Gasteiger charge is -2.02. The molecule has 1 N–H and O–H groups in total. The molecule has 1 aromatic heterocycles. The summed E-state index contributed by atoms with van der Waals surface area (Å²) in [6.45, 7) is 0.861. The Labute approximate surface area is 98.1 Å². The summed E-state index contributed by atoms with van der Waals surface area (Å²) in [5, 5.41) is 11.2. The van der Waals surface area contributed by atoms with E-state index in [2.05, 4.69) is 15.6 Å². The number of alkyl halides is 2. The van der Waals surface area contributed by atoms with Crippen molar-refractivity contribution in [3.05, 3.63) is 11.9 Å². The van der Waals surface area contributed by atoms with Crippen molar-refractivity contribution in [2.75, 3.05) is 13.2 Å². The van der Waals surface area contributed by atoms with Crippen LogP contribution in [0.25, 0.3) is 0 Å². The Bertz CT molecular complexity index is 341. The van der Waals surface area contributed by atoms with Crippen LogP contribution in [0.2, 0.25) is 0 Å². The van der Waals surface area contributed by atoms with Gasteiger partial charge in [-0.05, 0) is 12.8 Å². The molecule has 0 amide bonds. The zero-order valence-electron chi connectivity index (χ0n) is 9.48. The van der Waals surface area contributed by atoms with Crippen LogP contribution >= 0.6 is 0 Å². The van der Waals surface area contributed by atoms with E-state index >= 15 is 0 Å². The molecule has 1 heterocycles. The standard InChI is InChI=1S/C10H16F2N4O/c11-10(12)7-17-4-3-16-6-9(14-15-16)5-13-8-1-2-8/h6,8,10,13H,1-5,7H2. The largest absolute Gasteiger partial charge is 0.374 e. The molecule has 0 unspecified atom stereocenters. The third-order valence-corrected chi connectivity index (χ3v) is 2.44. The van der Waals surface area contributed by atoms with Crippen LogP contribution in [0.4, 0.5) is 8.78 Å². The molecular weight excluding hydrogens is 230 g/mol. The summed E-state index contributed by atoms with van der Waals surface area (Å²) in [7, 11) is 0. The summed E-state index contributed by atoms with van der Waals surface area (Å²) in [6.07, 6.45) is 1.86. The molecule has 0 aliphatic heterocycles. The molecule has 5 nitrogen and oxygen atoms in total. The third kappa shape index (κ3) is 4.74. The van der Waals surface area contributed by atoms with Gasteiger partial charge in [0.2, 0.25) is 0 Å². The van der Waals surface area contributed by atoms with E-state index in [9.17, 15) is 8.78 Å². The van der Waals surface area contributed by atoms with Gasteiger partial charge in [-0.1, -0.05) is 5.21 Å². The quantitative estimate of drug-likeness (QED) is 0.690. The Morgan fingerprint density at radius 2 is 2.35 bits per heavy atom. The van der Waals surface area contributed by atoms with Crippen molar-refractivity contribution in [1.29, 1.82) is 0 Å². The van der Waals surface area contributed by atoms with Gasteiger partial charge in [0.15, 0.2) is 0 Å². The summed E-state index contributed by atoms with van der Waals surface area (Å²) in [5.74, 6) is 0. The lowest BCUT2D eigenvalue weighted by molar-refractivity contribution is 0.0139. The van der Waals surface area contributed by atoms with Crippen molar-refractivity contribution >= 4 is 0 Å². The lowest BCUT2D eigenvalue weighted by Crippen LogP contribution is -2.15. The molecule has 1 aliphatic carbocycles. The first-order valence-electron chi connectivity index (χ1n) is 5.72. The van der Waals surface area contributed by atoms with Crippen molar-refractivity contribution in [3.8, 4) is 0 Å². The van der Waals surface area contributed by atoms with Gasteiger partial charge in [-0.2, -0.15) is 0 Å². The van der Waals surface area contributed by atoms with E-state index in [0.29, 0.717) is 19.1 Å². The van der Waals surface area contributed by atoms with Crippen LogP contribution in [0.15, 0.2) is 6.20 Å². The van der Waals surface area contributed by atoms with Crippen molar-refractivity contribution in [2.45, 2.75) is 38.4 Å². The molecule has 7 heteroatoms. The highest BCUT2D eigenvalue weighted by atomic mass is 19.3. The average molecular weight is 246 g/mol. The predicted molar refractivity (Wildman–Crippen MR) is 56.7 cm³/mol. The second-order valence-corrected chi connectivity index (χ2v) is 4.09. The van der Waals surface area contributed by atoms with E-state index in [1.54, 1.807) is 10.9 Å². The molecule has 0 spiro atoms. The molecule has 0 atom stereocenters. The summed E-state index contributed by atoms with van der Waals surface area (Å²) < 4.78 is 29.9. The van der Waals surface area contributed by atoms with Crippen molar-refractivity contribution < 1.29 is 13.5 Å². The molecule has 17 heavy (non-hydrogen) atoms. The van der Waals surface area contributed by atoms with Gasteiger partial charge in [0.25, 0.3) is 6.43 Å². The van der Waals surface area contributed by atoms with Crippen LogP contribution in [0.1, 0.15) is 18.5 Å². The molecule has 2 rings (SSSR count). The Kier molecular flexibility index (Phi) is 4.38. The van der Waals surface area contributed by atoms with Gasteiger partial charge in [-0.15, -0.1) is 5.10 Å². The van der Waals surface area contributed by atoms with Crippen molar-refractivity contribution in [2.24, 2.45) is 0 Å². The van der Waals surface area contributed by atoms with Gasteiger partial charge in [-0.25, -0.2) is 13.5 Å². The number of rotatable bonds is 8. The third-order valence-electron chi connectivity index (χ3n) is 2.44. The molecule has 1 saturated carbocycles. The Morgan fingerprint density at radius 1 is 1.53 bits per heavy atom. The summed E-state index contributed by atoms with van der Waals surface area (Å²) in [5.41, 5.74) is 0.866. The van der Waals surface area contributed by atoms with Gasteiger partial charge in [0, 0.05) is 18.8 Å². The SMILES string of the molecule is FC(F)COCCn1cc(CNC2CC2)nn1. The number of hydrogen-bond acceptors (Lipinski definition) is 4. The van der Waals surface area contributed by atoms with Gasteiger partial charge in [0.1, 0.15) is 6.61 Å². The lowest BCUT2D eigenvalue weighted by atomic mass is 10.4. The normalized spacial score (nSPS) is 15.7. The predicted octanol–water partition coefficient (Wildman–Crippen LogP) is 0.812. The van der Waals surface area contributed by atoms with Gasteiger partial charge < -0.3 is 10.1 Å². The van der Waals surface area contributed by atoms with E-state index in [0.717, 1.165) is 5.69 Å². The van der Waals surface area contributed by atoms with Crippen LogP contribution in [0.5, 0.6) is 0 Å². The highest BCUT2D eigenvalue weighted by Crippen LogP contribution is 2.18. The first-order valence-corrected chi connectivity index (χ1v) is 5.72. The van der Waals surface area contributed by atoms with Gasteiger partial charge in [-0.3, -0.25) is 0 Å². The molecule has 0 saturated heterocycles. The molecule has 1 fully saturated rings. The number of ether oxygens (including phenoxy) is 1. The first-order chi connectivity index (χ1) is 8.24. The van der Waals surface area contributed by atoms with Gasteiger partial charge in [0.05, 0.1) is 18.8 Å². The number of halogens is 2. The number of nitrogens with one attached hydrogen (secondary N) is 1. The van der Waals surface area contributed by atoms with E-state index in [-0.39, 0.29) is 6.61 Å². The van der Waals surface area contributed by atoms with Crippen molar-refractivity contribution in [1.82, 2.24) is 20.3 Å². The van der Waals surface area contributed by atoms with Crippen LogP contribution in [-0.2, 0) is 17.8 Å². The number of hydrogen-bond donors (Lipinski definition) is 1. The second kappa shape index (κ2) is 6.02. The molecule has 1 aliphatic rings. The highest BCUT2D eigenvalue weighted by molar-refractivity contribution is 4.94. The maximum atomic E-state index is 11.8. The fraction of sp³-hybridized carbons (Fsp3) is 0.800. The fourth-order valence-electron chi connectivity index (χ4n) is 1.40. The van der Waals surface area contributed by atoms with E-state index < -0.39 is 13.0 Å². The molecule has 0 aromatic carbocycles. The van der Waals surface area contributed by atoms with Crippen molar-refractivity contribution in [3.63, 3.8) is 0 Å². The highest BCUT2D eigenvalue weighted by Gasteiger charge is 2.20. The summed E-state index contributed by atoms with van der Waals surface area (Å²) >= 11 is 0. The number of aromatic nitrogens is 3. The second-order valence-electron chi connectivity index (χ2n) is 4.09. The molecular formula is C10H16F2N4O. The Morgan fingerprint density at radius 3 is 3.06 bits per heavy atom. The summed E-state index contributed by atoms with van der Waals surface area (Å²) in [4.78, 5) is 0. The monoisotopic (exact) mass is 246 g/mol. The number of nitrogens with zero attached hydrogens (tertiary/aromatic N) is 3. The minimum absolute atomic E-state index is 0.225. The first kappa shape index (κ1) is 12.4. The maximum Gasteiger partial charge on any atom is 0.261 e. The van der Waals surface area contributed by atoms with Crippen LogP contribution in [0, 0.1) is 0 Å². The molecule has 0 bridgehead atoms. The average Bonchev–Trinajstić information content (AvgIpc) is 3.01. The fourth-order valence-corrected chi connectivity index (χ4v) is 1.40. The van der Waals surface area contributed by atoms with Crippen LogP contribution < -0.4 is 5.32 Å². The minimum atomic E-state index is -2.41. The molecule has 0 radical (unpaired) electrons. The maximum absolute atomic E-state index is 11.8. The van der Waals surface area contributed by atoms with E-state index in [1.807, 2.05) is 0 Å². The zero-order chi connectivity index (χ0) is 12.1.